The van der Waals surface area contributed by atoms with Gasteiger partial charge in [0.2, 0.25) is 0 Å². The Morgan fingerprint density at radius 3 is 2.00 bits per heavy atom. The van der Waals surface area contributed by atoms with E-state index in [0.717, 1.165) is 12.8 Å². The molecular weight excluding hydrogens is 210 g/mol. The standard InChI is InChI=1S/C15H21NO/c1-11(16)15(8-9-15)13-4-2-12(3-5-13)14(10-17)6-7-14/h2-5,11,17H,6-10,16H2,1H3. The third kappa shape index (κ3) is 1.62. The molecule has 1 unspecified atom stereocenters. The monoisotopic (exact) mass is 231 g/mol. The molecule has 0 radical (unpaired) electrons. The van der Waals surface area contributed by atoms with E-state index in [2.05, 4.69) is 31.2 Å². The summed E-state index contributed by atoms with van der Waals surface area (Å²) < 4.78 is 0. The van der Waals surface area contributed by atoms with Gasteiger partial charge in [0.05, 0.1) is 6.61 Å². The molecule has 0 heterocycles. The Labute approximate surface area is 103 Å². The summed E-state index contributed by atoms with van der Waals surface area (Å²) in [4.78, 5) is 0. The first-order valence-corrected chi connectivity index (χ1v) is 6.60. The summed E-state index contributed by atoms with van der Waals surface area (Å²) in [7, 11) is 0. The number of rotatable bonds is 4. The normalized spacial score (nSPS) is 25.4. The van der Waals surface area contributed by atoms with Crippen molar-refractivity contribution in [3.63, 3.8) is 0 Å². The fourth-order valence-corrected chi connectivity index (χ4v) is 2.99. The minimum absolute atomic E-state index is 0.0869. The molecule has 1 atom stereocenters. The van der Waals surface area contributed by atoms with Crippen LogP contribution < -0.4 is 5.73 Å². The van der Waals surface area contributed by atoms with Crippen LogP contribution in [0.15, 0.2) is 24.3 Å². The summed E-state index contributed by atoms with van der Waals surface area (Å²) in [5.74, 6) is 0. The van der Waals surface area contributed by atoms with Gasteiger partial charge in [-0.1, -0.05) is 24.3 Å². The van der Waals surface area contributed by atoms with Gasteiger partial charge in [0.15, 0.2) is 0 Å². The summed E-state index contributed by atoms with van der Waals surface area (Å²) in [5.41, 5.74) is 9.09. The molecular formula is C15H21NO. The molecule has 17 heavy (non-hydrogen) atoms. The number of hydrogen-bond donors (Lipinski definition) is 2. The van der Waals surface area contributed by atoms with Crippen LogP contribution >= 0.6 is 0 Å². The van der Waals surface area contributed by atoms with Crippen LogP contribution in [-0.2, 0) is 10.8 Å². The lowest BCUT2D eigenvalue weighted by Gasteiger charge is -2.21. The SMILES string of the molecule is CC(N)C1(c2ccc(C3(CO)CC3)cc2)CC1. The summed E-state index contributed by atoms with van der Waals surface area (Å²) in [5, 5.41) is 9.42. The lowest BCUT2D eigenvalue weighted by atomic mass is 9.87. The lowest BCUT2D eigenvalue weighted by molar-refractivity contribution is 0.255. The second kappa shape index (κ2) is 3.56. The zero-order valence-corrected chi connectivity index (χ0v) is 10.4. The molecule has 2 nitrogen and oxygen atoms in total. The molecule has 0 saturated heterocycles. The number of benzene rings is 1. The Kier molecular flexibility index (Phi) is 2.36. The molecule has 1 aromatic rings. The van der Waals surface area contributed by atoms with E-state index in [0.29, 0.717) is 0 Å². The highest BCUT2D eigenvalue weighted by Crippen LogP contribution is 2.52. The molecule has 0 bridgehead atoms. The molecule has 0 aromatic heterocycles. The van der Waals surface area contributed by atoms with Gasteiger partial charge in [0, 0.05) is 16.9 Å². The highest BCUT2D eigenvalue weighted by atomic mass is 16.3. The number of aliphatic hydroxyl groups is 1. The number of nitrogens with two attached hydrogens (primary N) is 1. The number of hydrogen-bond acceptors (Lipinski definition) is 2. The smallest absolute Gasteiger partial charge is 0.0527 e. The van der Waals surface area contributed by atoms with E-state index in [4.69, 9.17) is 5.73 Å². The predicted molar refractivity (Wildman–Crippen MR) is 69.0 cm³/mol. The first kappa shape index (κ1) is 11.2. The molecule has 2 aliphatic rings. The van der Waals surface area contributed by atoms with E-state index in [1.54, 1.807) is 0 Å². The first-order valence-electron chi connectivity index (χ1n) is 6.60. The van der Waals surface area contributed by atoms with Crippen LogP contribution in [0, 0.1) is 0 Å². The summed E-state index contributed by atoms with van der Waals surface area (Å²) in [6.07, 6.45) is 4.69. The molecule has 2 aliphatic carbocycles. The van der Waals surface area contributed by atoms with Gasteiger partial charge in [-0.3, -0.25) is 0 Å². The van der Waals surface area contributed by atoms with Crippen molar-refractivity contribution in [1.29, 1.82) is 0 Å². The van der Waals surface area contributed by atoms with Gasteiger partial charge in [0.25, 0.3) is 0 Å². The van der Waals surface area contributed by atoms with Gasteiger partial charge in [-0.15, -0.1) is 0 Å². The average Bonchev–Trinajstić information content (AvgIpc) is 3.23. The maximum absolute atomic E-state index is 9.42. The van der Waals surface area contributed by atoms with Crippen LogP contribution in [0.1, 0.15) is 43.7 Å². The molecule has 2 fully saturated rings. The maximum Gasteiger partial charge on any atom is 0.0527 e. The van der Waals surface area contributed by atoms with E-state index in [1.807, 2.05) is 0 Å². The second-order valence-electron chi connectivity index (χ2n) is 5.96. The van der Waals surface area contributed by atoms with Crippen molar-refractivity contribution in [3.05, 3.63) is 35.4 Å². The topological polar surface area (TPSA) is 46.2 Å². The summed E-state index contributed by atoms with van der Waals surface area (Å²) in [6.45, 7) is 2.39. The largest absolute Gasteiger partial charge is 0.395 e. The van der Waals surface area contributed by atoms with E-state index >= 15 is 0 Å². The van der Waals surface area contributed by atoms with Crippen molar-refractivity contribution in [1.82, 2.24) is 0 Å². The van der Waals surface area contributed by atoms with E-state index in [-0.39, 0.29) is 23.5 Å². The van der Waals surface area contributed by atoms with Crippen molar-refractivity contribution < 1.29 is 5.11 Å². The zero-order valence-electron chi connectivity index (χ0n) is 10.4. The molecule has 3 N–H and O–H groups in total. The molecule has 0 spiro atoms. The van der Waals surface area contributed by atoms with Gasteiger partial charge in [-0.05, 0) is 43.7 Å². The van der Waals surface area contributed by atoms with Crippen molar-refractivity contribution in [2.75, 3.05) is 6.61 Å². The number of aliphatic hydroxyl groups excluding tert-OH is 1. The van der Waals surface area contributed by atoms with Crippen LogP contribution in [-0.4, -0.2) is 17.8 Å². The molecule has 2 heteroatoms. The molecule has 2 saturated carbocycles. The summed E-state index contributed by atoms with van der Waals surface area (Å²) in [6, 6.07) is 9.08. The fraction of sp³-hybridized carbons (Fsp3) is 0.600. The quantitative estimate of drug-likeness (QED) is 0.833. The van der Waals surface area contributed by atoms with Gasteiger partial charge < -0.3 is 10.8 Å². The third-order valence-corrected chi connectivity index (χ3v) is 4.89. The highest BCUT2D eigenvalue weighted by molar-refractivity contribution is 5.39. The molecule has 1 aromatic carbocycles. The van der Waals surface area contributed by atoms with Gasteiger partial charge in [0.1, 0.15) is 0 Å². The van der Waals surface area contributed by atoms with Gasteiger partial charge in [-0.25, -0.2) is 0 Å². The van der Waals surface area contributed by atoms with Gasteiger partial charge in [-0.2, -0.15) is 0 Å². The lowest BCUT2D eigenvalue weighted by Crippen LogP contribution is -2.31. The van der Waals surface area contributed by atoms with Crippen LogP contribution in [0.4, 0.5) is 0 Å². The second-order valence-corrected chi connectivity index (χ2v) is 5.96. The maximum atomic E-state index is 9.42. The average molecular weight is 231 g/mol. The third-order valence-electron chi connectivity index (χ3n) is 4.89. The molecule has 0 aliphatic heterocycles. The Morgan fingerprint density at radius 2 is 1.65 bits per heavy atom. The van der Waals surface area contributed by atoms with Crippen LogP contribution in [0.3, 0.4) is 0 Å². The Bertz CT molecular complexity index is 413. The van der Waals surface area contributed by atoms with Crippen molar-refractivity contribution >= 4 is 0 Å². The molecule has 92 valence electrons. The fourth-order valence-electron chi connectivity index (χ4n) is 2.99. The van der Waals surface area contributed by atoms with E-state index in [1.165, 1.54) is 24.0 Å². The van der Waals surface area contributed by atoms with Crippen molar-refractivity contribution in [2.45, 2.75) is 49.5 Å². The Balaban J connectivity index is 1.86. The Morgan fingerprint density at radius 1 is 1.12 bits per heavy atom. The first-order chi connectivity index (χ1) is 8.13. The zero-order chi connectivity index (χ0) is 12.1. The highest BCUT2D eigenvalue weighted by Gasteiger charge is 2.48. The van der Waals surface area contributed by atoms with Crippen LogP contribution in [0.25, 0.3) is 0 Å². The minimum atomic E-state index is 0.0869. The minimum Gasteiger partial charge on any atom is -0.395 e. The van der Waals surface area contributed by atoms with E-state index < -0.39 is 0 Å². The summed E-state index contributed by atoms with van der Waals surface area (Å²) >= 11 is 0. The molecule has 3 rings (SSSR count). The van der Waals surface area contributed by atoms with Crippen LogP contribution in [0.5, 0.6) is 0 Å². The van der Waals surface area contributed by atoms with Crippen LogP contribution in [0.2, 0.25) is 0 Å². The van der Waals surface area contributed by atoms with Crippen molar-refractivity contribution in [2.24, 2.45) is 5.73 Å². The molecule has 0 amide bonds. The Hall–Kier alpha value is -0.860. The van der Waals surface area contributed by atoms with Crippen molar-refractivity contribution in [3.8, 4) is 0 Å². The van der Waals surface area contributed by atoms with E-state index in [9.17, 15) is 5.11 Å². The van der Waals surface area contributed by atoms with Gasteiger partial charge >= 0.3 is 0 Å². The predicted octanol–water partition coefficient (Wildman–Crippen LogP) is 2.09.